The number of allylic oxidation sites excluding steroid dienone is 6. The first-order valence-corrected chi connectivity index (χ1v) is 22.7. The zero-order valence-electron chi connectivity index (χ0n) is 36.0. The van der Waals surface area contributed by atoms with E-state index in [-0.39, 0.29) is 12.5 Å². The smallest absolute Gasteiger partial charge is 0.220 e. The van der Waals surface area contributed by atoms with E-state index in [1.54, 1.807) is 0 Å². The van der Waals surface area contributed by atoms with Gasteiger partial charge in [-0.1, -0.05) is 134 Å². The number of unbranched alkanes of at least 4 members (excludes halogenated alkanes) is 14. The summed E-state index contributed by atoms with van der Waals surface area (Å²) < 4.78 is 22.6. The maximum Gasteiger partial charge on any atom is 0.220 e. The predicted octanol–water partition coefficient (Wildman–Crippen LogP) is 4.37. The lowest BCUT2D eigenvalue weighted by Crippen LogP contribution is -2.65. The van der Waals surface area contributed by atoms with Gasteiger partial charge in [-0.3, -0.25) is 4.79 Å². The first kappa shape index (κ1) is 53.3. The topological polar surface area (TPSA) is 228 Å². The molecule has 2 heterocycles. The lowest BCUT2D eigenvalue weighted by Gasteiger charge is -2.46. The van der Waals surface area contributed by atoms with Gasteiger partial charge in [0.25, 0.3) is 0 Å². The molecule has 2 aliphatic rings. The lowest BCUT2D eigenvalue weighted by atomic mass is 9.97. The van der Waals surface area contributed by atoms with Gasteiger partial charge in [-0.25, -0.2) is 0 Å². The van der Waals surface area contributed by atoms with Gasteiger partial charge < -0.3 is 65.1 Å². The molecule has 2 rings (SSSR count). The number of carbonyl (C=O) groups excluding carboxylic acids is 1. The predicted molar refractivity (Wildman–Crippen MR) is 226 cm³/mol. The molecule has 59 heavy (non-hydrogen) atoms. The summed E-state index contributed by atoms with van der Waals surface area (Å²) in [5.41, 5.74) is 0. The zero-order valence-corrected chi connectivity index (χ0v) is 36.0. The number of aliphatic hydroxyl groups excluding tert-OH is 8. The Bertz CT molecular complexity index is 1140. The largest absolute Gasteiger partial charge is 0.394 e. The van der Waals surface area contributed by atoms with E-state index in [1.165, 1.54) is 38.5 Å². The molecule has 9 N–H and O–H groups in total. The Morgan fingerprint density at radius 2 is 1.17 bits per heavy atom. The molecule has 2 aliphatic heterocycles. The fraction of sp³-hybridized carbons (Fsp3) is 0.844. The molecule has 12 unspecified atom stereocenters. The van der Waals surface area contributed by atoms with Gasteiger partial charge in [0.2, 0.25) is 5.91 Å². The molecule has 344 valence electrons. The Hall–Kier alpha value is -1.79. The third-order valence-corrected chi connectivity index (χ3v) is 11.1. The van der Waals surface area contributed by atoms with Gasteiger partial charge in [0.05, 0.1) is 32.0 Å². The second-order valence-corrected chi connectivity index (χ2v) is 16.2. The SMILES string of the molecule is CC/C=C\C/C=C\C/C=C\CCCCCCCCCC(=O)NC(COC1OC(CO)C(OC2OC(CO)C(O)C(O)C2O)C(O)C1O)C(O)CCCCCCCCCC. The van der Waals surface area contributed by atoms with Crippen LogP contribution in [0.3, 0.4) is 0 Å². The Kier molecular flexibility index (Phi) is 29.7. The average molecular weight is 844 g/mol. The van der Waals surface area contributed by atoms with Gasteiger partial charge in [0.1, 0.15) is 48.8 Å². The summed E-state index contributed by atoms with van der Waals surface area (Å²) in [4.78, 5) is 13.1. The van der Waals surface area contributed by atoms with Gasteiger partial charge in [-0.15, -0.1) is 0 Å². The summed E-state index contributed by atoms with van der Waals surface area (Å²) in [6.07, 6.45) is 17.4. The van der Waals surface area contributed by atoms with Crippen LogP contribution in [-0.2, 0) is 23.7 Å². The van der Waals surface area contributed by atoms with Crippen LogP contribution < -0.4 is 5.32 Å². The Morgan fingerprint density at radius 1 is 0.627 bits per heavy atom. The highest BCUT2D eigenvalue weighted by atomic mass is 16.7. The molecular weight excluding hydrogens is 762 g/mol. The third kappa shape index (κ3) is 21.2. The van der Waals surface area contributed by atoms with Gasteiger partial charge >= 0.3 is 0 Å². The molecule has 0 radical (unpaired) electrons. The van der Waals surface area contributed by atoms with Crippen molar-refractivity contribution < 1.29 is 64.6 Å². The highest BCUT2D eigenvalue weighted by molar-refractivity contribution is 5.76. The number of rotatable bonds is 33. The number of amides is 1. The van der Waals surface area contributed by atoms with Crippen molar-refractivity contribution in [1.29, 1.82) is 0 Å². The number of carbonyl (C=O) groups is 1. The van der Waals surface area contributed by atoms with E-state index in [1.807, 2.05) is 0 Å². The van der Waals surface area contributed by atoms with E-state index in [0.29, 0.717) is 19.3 Å². The molecule has 2 fully saturated rings. The highest BCUT2D eigenvalue weighted by Gasteiger charge is 2.51. The standard InChI is InChI=1S/C45H81NO13/c1-3-5-7-9-11-13-14-15-16-17-18-19-20-21-23-25-27-29-37(50)46-33(34(49)28-26-24-22-12-10-8-6-4-2)32-56-44-42(55)40(53)43(36(31-48)58-44)59-45-41(54)39(52)38(51)35(30-47)57-45/h5,7,11,13,15-16,33-36,38-45,47-49,51-55H,3-4,6,8-10,12,14,17-32H2,1-2H3,(H,46,50)/b7-5-,13-11-,16-15-. The minimum absolute atomic E-state index is 0.223. The number of ether oxygens (including phenoxy) is 4. The summed E-state index contributed by atoms with van der Waals surface area (Å²) in [5, 5.41) is 86.4. The molecule has 0 bridgehead atoms. The van der Waals surface area contributed by atoms with Crippen molar-refractivity contribution in [2.24, 2.45) is 0 Å². The first-order chi connectivity index (χ1) is 28.6. The molecule has 0 aliphatic carbocycles. The van der Waals surface area contributed by atoms with E-state index in [2.05, 4.69) is 55.6 Å². The van der Waals surface area contributed by atoms with Crippen LogP contribution in [-0.4, -0.2) is 140 Å². The van der Waals surface area contributed by atoms with Crippen molar-refractivity contribution in [3.8, 4) is 0 Å². The van der Waals surface area contributed by atoms with Crippen LogP contribution >= 0.6 is 0 Å². The quantitative estimate of drug-likeness (QED) is 0.0331. The van der Waals surface area contributed by atoms with E-state index in [4.69, 9.17) is 18.9 Å². The van der Waals surface area contributed by atoms with Crippen molar-refractivity contribution >= 4 is 5.91 Å². The van der Waals surface area contributed by atoms with Gasteiger partial charge in [0, 0.05) is 6.42 Å². The average Bonchev–Trinajstić information content (AvgIpc) is 3.23. The first-order valence-electron chi connectivity index (χ1n) is 22.7. The number of hydrogen-bond acceptors (Lipinski definition) is 13. The second-order valence-electron chi connectivity index (χ2n) is 16.2. The molecule has 0 saturated carbocycles. The van der Waals surface area contributed by atoms with Crippen LogP contribution in [0.1, 0.15) is 149 Å². The fourth-order valence-corrected chi connectivity index (χ4v) is 7.37. The van der Waals surface area contributed by atoms with Crippen LogP contribution in [0.5, 0.6) is 0 Å². The lowest BCUT2D eigenvalue weighted by molar-refractivity contribution is -0.359. The Morgan fingerprint density at radius 3 is 1.80 bits per heavy atom. The summed E-state index contributed by atoms with van der Waals surface area (Å²) in [5.74, 6) is -0.223. The third-order valence-electron chi connectivity index (χ3n) is 11.1. The molecule has 12 atom stereocenters. The van der Waals surface area contributed by atoms with E-state index < -0.39 is 86.8 Å². The van der Waals surface area contributed by atoms with Crippen LogP contribution in [0.4, 0.5) is 0 Å². The Labute approximate surface area is 353 Å². The molecule has 0 spiro atoms. The van der Waals surface area contributed by atoms with E-state index in [9.17, 15) is 45.6 Å². The summed E-state index contributed by atoms with van der Waals surface area (Å²) >= 11 is 0. The maximum atomic E-state index is 13.1. The summed E-state index contributed by atoms with van der Waals surface area (Å²) in [7, 11) is 0. The van der Waals surface area contributed by atoms with Crippen molar-refractivity contribution in [3.63, 3.8) is 0 Å². The van der Waals surface area contributed by atoms with Crippen LogP contribution in [0.25, 0.3) is 0 Å². The number of aliphatic hydroxyl groups is 8. The van der Waals surface area contributed by atoms with Crippen molar-refractivity contribution in [2.75, 3.05) is 19.8 Å². The monoisotopic (exact) mass is 844 g/mol. The highest BCUT2D eigenvalue weighted by Crippen LogP contribution is 2.30. The minimum Gasteiger partial charge on any atom is -0.394 e. The molecule has 14 nitrogen and oxygen atoms in total. The molecule has 0 aromatic heterocycles. The van der Waals surface area contributed by atoms with Gasteiger partial charge in [-0.05, 0) is 44.9 Å². The van der Waals surface area contributed by atoms with Crippen LogP contribution in [0.15, 0.2) is 36.5 Å². The second kappa shape index (κ2) is 32.9. The molecule has 0 aromatic rings. The molecule has 0 aromatic carbocycles. The number of nitrogens with one attached hydrogen (secondary N) is 1. The van der Waals surface area contributed by atoms with Gasteiger partial charge in [-0.2, -0.15) is 0 Å². The number of hydrogen-bond donors (Lipinski definition) is 9. The van der Waals surface area contributed by atoms with Crippen molar-refractivity contribution in [3.05, 3.63) is 36.5 Å². The summed E-state index contributed by atoms with van der Waals surface area (Å²) in [6, 6.07) is -0.830. The molecule has 1 amide bonds. The van der Waals surface area contributed by atoms with Crippen molar-refractivity contribution in [2.45, 2.75) is 222 Å². The maximum absolute atomic E-state index is 13.1. The normalized spacial score (nSPS) is 28.8. The van der Waals surface area contributed by atoms with E-state index in [0.717, 1.165) is 77.0 Å². The molecule has 2 saturated heterocycles. The van der Waals surface area contributed by atoms with Crippen molar-refractivity contribution in [1.82, 2.24) is 5.32 Å². The summed E-state index contributed by atoms with van der Waals surface area (Å²) in [6.45, 7) is 2.66. The van der Waals surface area contributed by atoms with E-state index >= 15 is 0 Å². The zero-order chi connectivity index (χ0) is 43.3. The van der Waals surface area contributed by atoms with Crippen LogP contribution in [0, 0.1) is 0 Å². The molecular formula is C45H81NO13. The fourth-order valence-electron chi connectivity index (χ4n) is 7.37. The molecule has 14 heteroatoms. The minimum atomic E-state index is -1.78. The Balaban J connectivity index is 1.84. The van der Waals surface area contributed by atoms with Crippen LogP contribution in [0.2, 0.25) is 0 Å². The van der Waals surface area contributed by atoms with Gasteiger partial charge in [0.15, 0.2) is 12.6 Å².